The van der Waals surface area contributed by atoms with E-state index in [1.807, 2.05) is 13.8 Å². The maximum absolute atomic E-state index is 13.3. The van der Waals surface area contributed by atoms with Crippen molar-refractivity contribution in [3.8, 4) is 0 Å². The van der Waals surface area contributed by atoms with E-state index in [9.17, 15) is 13.6 Å². The second-order valence-electron chi connectivity index (χ2n) is 5.66. The Balaban J connectivity index is 2.11. The minimum atomic E-state index is -0.933. The van der Waals surface area contributed by atoms with Crippen LogP contribution in [0.5, 0.6) is 0 Å². The van der Waals surface area contributed by atoms with Gasteiger partial charge in [0.05, 0.1) is 6.10 Å². The lowest BCUT2D eigenvalue weighted by Crippen LogP contribution is -2.61. The fourth-order valence-electron chi connectivity index (χ4n) is 2.49. The van der Waals surface area contributed by atoms with Crippen molar-refractivity contribution in [2.75, 3.05) is 12.8 Å². The Labute approximate surface area is 116 Å². The number of nitrogens with two attached hydrogens (primary N) is 1. The Kier molecular flexibility index (Phi) is 3.69. The maximum atomic E-state index is 13.3. The summed E-state index contributed by atoms with van der Waals surface area (Å²) in [6.07, 6.45) is 0.738. The summed E-state index contributed by atoms with van der Waals surface area (Å²) in [7, 11) is 1.62. The molecule has 0 saturated heterocycles. The third-order valence-corrected chi connectivity index (χ3v) is 4.11. The molecule has 2 atom stereocenters. The summed E-state index contributed by atoms with van der Waals surface area (Å²) >= 11 is 0. The van der Waals surface area contributed by atoms with Gasteiger partial charge < -0.3 is 15.8 Å². The monoisotopic (exact) mass is 284 g/mol. The van der Waals surface area contributed by atoms with E-state index in [0.717, 1.165) is 12.1 Å². The van der Waals surface area contributed by atoms with Crippen LogP contribution in [0.4, 0.5) is 14.5 Å². The first-order valence-corrected chi connectivity index (χ1v) is 6.35. The fraction of sp³-hybridized carbons (Fsp3) is 0.500. The third kappa shape index (κ3) is 2.35. The number of hydrogen-bond donors (Lipinski definition) is 2. The zero-order valence-corrected chi connectivity index (χ0v) is 11.7. The van der Waals surface area contributed by atoms with Gasteiger partial charge >= 0.3 is 0 Å². The van der Waals surface area contributed by atoms with E-state index in [1.54, 1.807) is 7.11 Å². The molecule has 20 heavy (non-hydrogen) atoms. The van der Waals surface area contributed by atoms with Crippen LogP contribution < -0.4 is 11.1 Å². The number of carbonyl (C=O) groups is 1. The van der Waals surface area contributed by atoms with Crippen LogP contribution in [0.1, 0.15) is 30.6 Å². The van der Waals surface area contributed by atoms with Crippen LogP contribution in [0.2, 0.25) is 0 Å². The molecule has 1 amide bonds. The Hall–Kier alpha value is -1.69. The number of nitrogen functional groups attached to an aromatic ring is 1. The van der Waals surface area contributed by atoms with Crippen molar-refractivity contribution >= 4 is 11.6 Å². The molecule has 0 aromatic heterocycles. The number of carbonyl (C=O) groups excluding carboxylic acids is 1. The quantitative estimate of drug-likeness (QED) is 0.835. The number of anilines is 1. The smallest absolute Gasteiger partial charge is 0.251 e. The van der Waals surface area contributed by atoms with Crippen molar-refractivity contribution in [1.82, 2.24) is 5.32 Å². The number of halogens is 2. The third-order valence-electron chi connectivity index (χ3n) is 4.11. The SMILES string of the molecule is COC1CC(NC(=O)c2cc(F)c(N)c(F)c2)C1(C)C. The normalized spacial score (nSPS) is 24.1. The molecule has 0 radical (unpaired) electrons. The number of methoxy groups -OCH3 is 1. The van der Waals surface area contributed by atoms with Crippen molar-refractivity contribution in [1.29, 1.82) is 0 Å². The number of nitrogens with one attached hydrogen (secondary N) is 1. The summed E-state index contributed by atoms with van der Waals surface area (Å²) in [6, 6.07) is 1.78. The van der Waals surface area contributed by atoms with Gasteiger partial charge in [-0.05, 0) is 18.6 Å². The van der Waals surface area contributed by atoms with Crippen molar-refractivity contribution in [2.45, 2.75) is 32.4 Å². The maximum Gasteiger partial charge on any atom is 0.251 e. The van der Waals surface area contributed by atoms with E-state index < -0.39 is 23.2 Å². The largest absolute Gasteiger partial charge is 0.394 e. The van der Waals surface area contributed by atoms with Gasteiger partial charge in [0, 0.05) is 24.1 Å². The molecule has 0 bridgehead atoms. The average Bonchev–Trinajstić information content (AvgIpc) is 2.39. The Morgan fingerprint density at radius 2 is 1.95 bits per heavy atom. The van der Waals surface area contributed by atoms with Crippen LogP contribution in [-0.4, -0.2) is 25.2 Å². The van der Waals surface area contributed by atoms with Gasteiger partial charge in [0.2, 0.25) is 0 Å². The van der Waals surface area contributed by atoms with Gasteiger partial charge in [0.1, 0.15) is 17.3 Å². The van der Waals surface area contributed by atoms with Crippen LogP contribution in [0.15, 0.2) is 12.1 Å². The molecular formula is C14H18F2N2O2. The Morgan fingerprint density at radius 1 is 1.40 bits per heavy atom. The molecule has 3 N–H and O–H groups in total. The van der Waals surface area contributed by atoms with Crippen molar-refractivity contribution in [3.05, 3.63) is 29.3 Å². The number of rotatable bonds is 3. The predicted molar refractivity (Wildman–Crippen MR) is 71.2 cm³/mol. The summed E-state index contributed by atoms with van der Waals surface area (Å²) in [5.41, 5.74) is 4.30. The highest BCUT2D eigenvalue weighted by Gasteiger charge is 2.49. The molecule has 4 nitrogen and oxygen atoms in total. The van der Waals surface area contributed by atoms with Gasteiger partial charge in [-0.2, -0.15) is 0 Å². The standard InChI is InChI=1S/C14H18F2N2O2/c1-14(2)10(6-11(14)20-3)18-13(19)7-4-8(15)12(17)9(16)5-7/h4-5,10-11H,6,17H2,1-3H3,(H,18,19). The second kappa shape index (κ2) is 5.01. The first-order valence-electron chi connectivity index (χ1n) is 6.35. The van der Waals surface area contributed by atoms with Gasteiger partial charge in [-0.25, -0.2) is 8.78 Å². The highest BCUT2D eigenvalue weighted by molar-refractivity contribution is 5.95. The fourth-order valence-corrected chi connectivity index (χ4v) is 2.49. The minimum absolute atomic E-state index is 0.0627. The predicted octanol–water partition coefficient (Wildman–Crippen LogP) is 2.09. The number of benzene rings is 1. The van der Waals surface area contributed by atoms with E-state index >= 15 is 0 Å². The van der Waals surface area contributed by atoms with Crippen LogP contribution in [-0.2, 0) is 4.74 Å². The number of ether oxygens (including phenoxy) is 1. The molecule has 0 aliphatic heterocycles. The first-order chi connectivity index (χ1) is 9.27. The van der Waals surface area contributed by atoms with Crippen LogP contribution in [0.25, 0.3) is 0 Å². The van der Waals surface area contributed by atoms with Crippen molar-refractivity contribution in [2.24, 2.45) is 5.41 Å². The highest BCUT2D eigenvalue weighted by atomic mass is 19.1. The van der Waals surface area contributed by atoms with Crippen LogP contribution in [0, 0.1) is 17.0 Å². The summed E-state index contributed by atoms with van der Waals surface area (Å²) in [6.45, 7) is 3.94. The average molecular weight is 284 g/mol. The van der Waals surface area contributed by atoms with Gasteiger partial charge in [0.15, 0.2) is 0 Å². The van der Waals surface area contributed by atoms with Gasteiger partial charge in [-0.3, -0.25) is 4.79 Å². The van der Waals surface area contributed by atoms with E-state index in [1.165, 1.54) is 0 Å². The van der Waals surface area contributed by atoms with Crippen LogP contribution >= 0.6 is 0 Å². The number of hydrogen-bond acceptors (Lipinski definition) is 3. The molecule has 1 aromatic rings. The second-order valence-corrected chi connectivity index (χ2v) is 5.66. The lowest BCUT2D eigenvalue weighted by molar-refractivity contribution is -0.0942. The van der Waals surface area contributed by atoms with Crippen molar-refractivity contribution < 1.29 is 18.3 Å². The highest BCUT2D eigenvalue weighted by Crippen LogP contribution is 2.42. The molecule has 1 aliphatic rings. The van der Waals surface area contributed by atoms with E-state index in [-0.39, 0.29) is 23.1 Å². The molecule has 2 rings (SSSR count). The summed E-state index contributed by atoms with van der Waals surface area (Å²) in [4.78, 5) is 12.0. The van der Waals surface area contributed by atoms with E-state index in [2.05, 4.69) is 5.32 Å². The Bertz CT molecular complexity index is 523. The van der Waals surface area contributed by atoms with Gasteiger partial charge in [0.25, 0.3) is 5.91 Å². The first kappa shape index (κ1) is 14.7. The van der Waals surface area contributed by atoms with E-state index in [0.29, 0.717) is 6.42 Å². The lowest BCUT2D eigenvalue weighted by Gasteiger charge is -2.51. The van der Waals surface area contributed by atoms with E-state index in [4.69, 9.17) is 10.5 Å². The zero-order chi connectivity index (χ0) is 15.1. The molecule has 0 heterocycles. The zero-order valence-electron chi connectivity index (χ0n) is 11.7. The molecule has 0 spiro atoms. The number of amides is 1. The molecular weight excluding hydrogens is 266 g/mol. The topological polar surface area (TPSA) is 64.3 Å². The molecule has 1 aromatic carbocycles. The molecule has 1 saturated carbocycles. The summed E-state index contributed by atoms with van der Waals surface area (Å²) in [5, 5.41) is 2.77. The minimum Gasteiger partial charge on any atom is -0.394 e. The molecule has 110 valence electrons. The van der Waals surface area contributed by atoms with Crippen molar-refractivity contribution in [3.63, 3.8) is 0 Å². The molecule has 1 aliphatic carbocycles. The summed E-state index contributed by atoms with van der Waals surface area (Å²) < 4.78 is 32.0. The van der Waals surface area contributed by atoms with Crippen LogP contribution in [0.3, 0.4) is 0 Å². The molecule has 6 heteroatoms. The molecule has 1 fully saturated rings. The van der Waals surface area contributed by atoms with Gasteiger partial charge in [-0.15, -0.1) is 0 Å². The summed E-state index contributed by atoms with van der Waals surface area (Å²) in [5.74, 6) is -2.38. The van der Waals surface area contributed by atoms with Gasteiger partial charge in [-0.1, -0.05) is 13.8 Å². The molecule has 2 unspecified atom stereocenters. The lowest BCUT2D eigenvalue weighted by atomic mass is 9.64. The Morgan fingerprint density at radius 3 is 2.40 bits per heavy atom.